The standard InChI is InChI=1S/C15H22N6O3/c1-19-12-8-16-10-18-13(12)21(15(19)23)11-4-6-20(9-11)14(22)17-5-3-7-24-2/h8,10-11H,3-7,9H2,1-2H3,(H,17,22). The van der Waals surface area contributed by atoms with Gasteiger partial charge in [-0.3, -0.25) is 9.13 Å². The zero-order chi connectivity index (χ0) is 17.1. The predicted octanol–water partition coefficient (Wildman–Crippen LogP) is 0.123. The number of carbonyl (C=O) groups excluding carboxylic acids is 1. The summed E-state index contributed by atoms with van der Waals surface area (Å²) in [6, 6.07) is -0.169. The Balaban J connectivity index is 1.71. The quantitative estimate of drug-likeness (QED) is 0.784. The van der Waals surface area contributed by atoms with Crippen LogP contribution in [0.2, 0.25) is 0 Å². The average Bonchev–Trinajstić information content (AvgIpc) is 3.16. The highest BCUT2D eigenvalue weighted by Gasteiger charge is 2.30. The number of nitrogens with one attached hydrogen (secondary N) is 1. The summed E-state index contributed by atoms with van der Waals surface area (Å²) in [5.41, 5.74) is 1.19. The first kappa shape index (κ1) is 16.4. The van der Waals surface area contributed by atoms with Crippen molar-refractivity contribution in [1.29, 1.82) is 0 Å². The number of imidazole rings is 1. The topological polar surface area (TPSA) is 94.3 Å². The fourth-order valence-corrected chi connectivity index (χ4v) is 3.08. The van der Waals surface area contributed by atoms with Crippen molar-refractivity contribution in [1.82, 2.24) is 29.3 Å². The lowest BCUT2D eigenvalue weighted by molar-refractivity contribution is 0.188. The number of rotatable bonds is 5. The highest BCUT2D eigenvalue weighted by molar-refractivity contribution is 5.74. The molecule has 1 atom stereocenters. The minimum absolute atomic E-state index is 0.0687. The van der Waals surface area contributed by atoms with Crippen LogP contribution in [0.3, 0.4) is 0 Å². The van der Waals surface area contributed by atoms with Crippen molar-refractivity contribution in [2.45, 2.75) is 18.9 Å². The second-order valence-electron chi connectivity index (χ2n) is 5.91. The summed E-state index contributed by atoms with van der Waals surface area (Å²) in [5.74, 6) is 0. The molecule has 1 saturated heterocycles. The molecule has 1 aliphatic rings. The molecule has 3 rings (SSSR count). The van der Waals surface area contributed by atoms with Crippen LogP contribution in [-0.2, 0) is 11.8 Å². The molecule has 9 heteroatoms. The minimum atomic E-state index is -0.127. The van der Waals surface area contributed by atoms with E-state index >= 15 is 0 Å². The monoisotopic (exact) mass is 334 g/mol. The van der Waals surface area contributed by atoms with Crippen LogP contribution in [0.4, 0.5) is 4.79 Å². The number of nitrogens with zero attached hydrogens (tertiary/aromatic N) is 5. The molecule has 9 nitrogen and oxygen atoms in total. The fraction of sp³-hybridized carbons (Fsp3) is 0.600. The lowest BCUT2D eigenvalue weighted by Crippen LogP contribution is -2.39. The molecule has 1 fully saturated rings. The van der Waals surface area contributed by atoms with E-state index in [1.54, 1.807) is 34.4 Å². The zero-order valence-electron chi connectivity index (χ0n) is 13.9. The van der Waals surface area contributed by atoms with Crippen LogP contribution in [0.25, 0.3) is 11.2 Å². The molecule has 0 aromatic carbocycles. The Hall–Kier alpha value is -2.42. The van der Waals surface area contributed by atoms with Gasteiger partial charge in [0.1, 0.15) is 11.8 Å². The molecule has 1 N–H and O–H groups in total. The number of urea groups is 1. The Kier molecular flexibility index (Phi) is 4.79. The predicted molar refractivity (Wildman–Crippen MR) is 87.9 cm³/mol. The third-order valence-electron chi connectivity index (χ3n) is 4.37. The summed E-state index contributed by atoms with van der Waals surface area (Å²) < 4.78 is 8.18. The second kappa shape index (κ2) is 7.00. The number of aryl methyl sites for hydroxylation is 1. The van der Waals surface area contributed by atoms with Crippen molar-refractivity contribution in [3.05, 3.63) is 23.0 Å². The highest BCUT2D eigenvalue weighted by Crippen LogP contribution is 2.23. The summed E-state index contributed by atoms with van der Waals surface area (Å²) in [7, 11) is 3.35. The van der Waals surface area contributed by atoms with E-state index in [4.69, 9.17) is 4.74 Å². The van der Waals surface area contributed by atoms with E-state index in [1.165, 1.54) is 6.33 Å². The Bertz CT molecular complexity index is 783. The van der Waals surface area contributed by atoms with Gasteiger partial charge in [-0.05, 0) is 12.8 Å². The van der Waals surface area contributed by atoms with Gasteiger partial charge in [0, 0.05) is 40.4 Å². The van der Waals surface area contributed by atoms with Crippen molar-refractivity contribution in [2.75, 3.05) is 33.4 Å². The number of carbonyl (C=O) groups is 1. The average molecular weight is 334 g/mol. The molecule has 2 amide bonds. The number of hydrogen-bond acceptors (Lipinski definition) is 5. The Morgan fingerprint density at radius 2 is 2.33 bits per heavy atom. The van der Waals surface area contributed by atoms with Gasteiger partial charge in [-0.15, -0.1) is 0 Å². The van der Waals surface area contributed by atoms with E-state index < -0.39 is 0 Å². The number of hydrogen-bond donors (Lipinski definition) is 1. The zero-order valence-corrected chi connectivity index (χ0v) is 13.9. The largest absolute Gasteiger partial charge is 0.385 e. The molecule has 0 bridgehead atoms. The summed E-state index contributed by atoms with van der Waals surface area (Å²) in [4.78, 5) is 34.7. The minimum Gasteiger partial charge on any atom is -0.385 e. The smallest absolute Gasteiger partial charge is 0.330 e. The number of methoxy groups -OCH3 is 1. The molecule has 130 valence electrons. The van der Waals surface area contributed by atoms with Gasteiger partial charge < -0.3 is 15.0 Å². The Morgan fingerprint density at radius 1 is 1.50 bits per heavy atom. The number of ether oxygens (including phenoxy) is 1. The Morgan fingerprint density at radius 3 is 3.12 bits per heavy atom. The first-order chi connectivity index (χ1) is 11.6. The van der Waals surface area contributed by atoms with Gasteiger partial charge in [-0.25, -0.2) is 19.6 Å². The van der Waals surface area contributed by atoms with E-state index in [-0.39, 0.29) is 17.8 Å². The lowest BCUT2D eigenvalue weighted by Gasteiger charge is -2.17. The first-order valence-electron chi connectivity index (χ1n) is 8.02. The van der Waals surface area contributed by atoms with Crippen LogP contribution < -0.4 is 11.0 Å². The van der Waals surface area contributed by atoms with E-state index in [9.17, 15) is 9.59 Å². The third-order valence-corrected chi connectivity index (χ3v) is 4.37. The Labute approximate surface area is 139 Å². The van der Waals surface area contributed by atoms with Crippen molar-refractivity contribution >= 4 is 17.2 Å². The van der Waals surface area contributed by atoms with E-state index in [0.717, 1.165) is 12.8 Å². The number of aromatic nitrogens is 4. The van der Waals surface area contributed by atoms with Gasteiger partial charge in [-0.1, -0.05) is 0 Å². The summed E-state index contributed by atoms with van der Waals surface area (Å²) in [6.45, 7) is 2.32. The van der Waals surface area contributed by atoms with Gasteiger partial charge >= 0.3 is 11.7 Å². The molecule has 0 aliphatic carbocycles. The molecule has 1 aliphatic heterocycles. The van der Waals surface area contributed by atoms with Crippen molar-refractivity contribution in [3.8, 4) is 0 Å². The highest BCUT2D eigenvalue weighted by atomic mass is 16.5. The van der Waals surface area contributed by atoms with E-state index in [0.29, 0.717) is 37.4 Å². The van der Waals surface area contributed by atoms with Gasteiger partial charge in [0.2, 0.25) is 0 Å². The third kappa shape index (κ3) is 2.99. The number of amides is 2. The maximum absolute atomic E-state index is 12.5. The molecule has 24 heavy (non-hydrogen) atoms. The van der Waals surface area contributed by atoms with E-state index in [1.807, 2.05) is 0 Å². The van der Waals surface area contributed by atoms with Crippen LogP contribution in [0.15, 0.2) is 17.3 Å². The molecule has 1 unspecified atom stereocenters. The number of likely N-dealkylation sites (tertiary alicyclic amines) is 1. The van der Waals surface area contributed by atoms with Crippen molar-refractivity contribution in [2.24, 2.45) is 7.05 Å². The molecule has 2 aromatic heterocycles. The molecule has 0 radical (unpaired) electrons. The van der Waals surface area contributed by atoms with Crippen LogP contribution in [-0.4, -0.2) is 63.4 Å². The first-order valence-corrected chi connectivity index (χ1v) is 8.02. The summed E-state index contributed by atoms with van der Waals surface area (Å²) >= 11 is 0. The van der Waals surface area contributed by atoms with E-state index in [2.05, 4.69) is 15.3 Å². The molecule has 0 saturated carbocycles. The lowest BCUT2D eigenvalue weighted by atomic mass is 10.2. The van der Waals surface area contributed by atoms with Crippen molar-refractivity contribution in [3.63, 3.8) is 0 Å². The molecule has 2 aromatic rings. The van der Waals surface area contributed by atoms with Crippen LogP contribution >= 0.6 is 0 Å². The summed E-state index contributed by atoms with van der Waals surface area (Å²) in [6.07, 6.45) is 4.58. The van der Waals surface area contributed by atoms with Crippen molar-refractivity contribution < 1.29 is 9.53 Å². The number of fused-ring (bicyclic) bond motifs is 1. The maximum atomic E-state index is 12.5. The SMILES string of the molecule is COCCCNC(=O)N1CCC(n2c(=O)n(C)c3cncnc32)C1. The van der Waals surface area contributed by atoms with Gasteiger partial charge in [0.15, 0.2) is 5.65 Å². The normalized spacial score (nSPS) is 17.6. The van der Waals surface area contributed by atoms with Gasteiger partial charge in [-0.2, -0.15) is 0 Å². The fourth-order valence-electron chi connectivity index (χ4n) is 3.08. The molecule has 0 spiro atoms. The van der Waals surface area contributed by atoms with Crippen LogP contribution in [0.1, 0.15) is 18.9 Å². The molecule has 3 heterocycles. The maximum Gasteiger partial charge on any atom is 0.330 e. The summed E-state index contributed by atoms with van der Waals surface area (Å²) in [5, 5.41) is 2.88. The molecular weight excluding hydrogens is 312 g/mol. The van der Waals surface area contributed by atoms with Crippen LogP contribution in [0.5, 0.6) is 0 Å². The molecular formula is C15H22N6O3. The van der Waals surface area contributed by atoms with Gasteiger partial charge in [0.05, 0.1) is 12.2 Å². The van der Waals surface area contributed by atoms with Crippen LogP contribution in [0, 0.1) is 0 Å². The second-order valence-corrected chi connectivity index (χ2v) is 5.91. The van der Waals surface area contributed by atoms with Gasteiger partial charge in [0.25, 0.3) is 0 Å².